The number of nitrogens with zero attached hydrogens (tertiary/aromatic N) is 1. The van der Waals surface area contributed by atoms with Gasteiger partial charge in [-0.1, -0.05) is 44.2 Å². The van der Waals surface area contributed by atoms with Crippen LogP contribution in [-0.4, -0.2) is 36.7 Å². The summed E-state index contributed by atoms with van der Waals surface area (Å²) in [6.07, 6.45) is 1.06. The van der Waals surface area contributed by atoms with Crippen LogP contribution in [0.4, 0.5) is 0 Å². The molecule has 2 rings (SSSR count). The van der Waals surface area contributed by atoms with E-state index in [1.807, 2.05) is 42.2 Å². The Morgan fingerprint density at radius 1 is 1.29 bits per heavy atom. The summed E-state index contributed by atoms with van der Waals surface area (Å²) in [5, 5.41) is 3.49. The molecule has 0 bridgehead atoms. The van der Waals surface area contributed by atoms with Crippen LogP contribution in [0.3, 0.4) is 0 Å². The zero-order valence-corrected chi connectivity index (χ0v) is 13.2. The van der Waals surface area contributed by atoms with Gasteiger partial charge in [-0.2, -0.15) is 0 Å². The fourth-order valence-corrected chi connectivity index (χ4v) is 2.77. The molecule has 0 radical (unpaired) electrons. The van der Waals surface area contributed by atoms with Gasteiger partial charge in [-0.15, -0.1) is 0 Å². The average molecular weight is 290 g/mol. The van der Waals surface area contributed by atoms with Crippen molar-refractivity contribution in [1.82, 2.24) is 10.2 Å². The van der Waals surface area contributed by atoms with Gasteiger partial charge in [0.1, 0.15) is 6.04 Å². The molecule has 2 unspecified atom stereocenters. The normalized spacial score (nSPS) is 22.3. The Kier molecular flexibility index (Phi) is 5.76. The van der Waals surface area contributed by atoms with E-state index in [0.29, 0.717) is 25.7 Å². The smallest absolute Gasteiger partial charge is 0.245 e. The molecule has 1 aromatic rings. The maximum Gasteiger partial charge on any atom is 0.245 e. The van der Waals surface area contributed by atoms with Gasteiger partial charge in [-0.05, 0) is 24.8 Å². The summed E-state index contributed by atoms with van der Waals surface area (Å²) in [6, 6.07) is 9.72. The van der Waals surface area contributed by atoms with Crippen LogP contribution >= 0.6 is 0 Å². The van der Waals surface area contributed by atoms with Crippen LogP contribution in [0.2, 0.25) is 0 Å². The van der Waals surface area contributed by atoms with Crippen molar-refractivity contribution in [2.24, 2.45) is 5.92 Å². The van der Waals surface area contributed by atoms with Crippen LogP contribution in [-0.2, 0) is 9.53 Å². The fraction of sp³-hybridized carbons (Fsp3) is 0.588. The lowest BCUT2D eigenvalue weighted by atomic mass is 10.1. The van der Waals surface area contributed by atoms with Crippen molar-refractivity contribution in [2.45, 2.75) is 39.4 Å². The molecule has 1 amide bonds. The maximum atomic E-state index is 12.7. The third kappa shape index (κ3) is 4.05. The molecule has 1 heterocycles. The number of carbonyl (C=O) groups excluding carboxylic acids is 1. The van der Waals surface area contributed by atoms with E-state index in [9.17, 15) is 4.79 Å². The molecule has 4 heteroatoms. The van der Waals surface area contributed by atoms with Gasteiger partial charge in [0, 0.05) is 13.2 Å². The minimum Gasteiger partial charge on any atom is -0.380 e. The van der Waals surface area contributed by atoms with E-state index in [1.54, 1.807) is 0 Å². The van der Waals surface area contributed by atoms with Crippen molar-refractivity contribution in [1.29, 1.82) is 0 Å². The summed E-state index contributed by atoms with van der Waals surface area (Å²) in [5.74, 6) is 0.700. The average Bonchev–Trinajstić information content (AvgIpc) is 2.77. The van der Waals surface area contributed by atoms with Crippen LogP contribution in [0.1, 0.15) is 38.8 Å². The van der Waals surface area contributed by atoms with E-state index >= 15 is 0 Å². The molecule has 4 nitrogen and oxygen atoms in total. The Balaban J connectivity index is 2.10. The van der Waals surface area contributed by atoms with Crippen LogP contribution in [0.25, 0.3) is 0 Å². The van der Waals surface area contributed by atoms with Gasteiger partial charge in [-0.25, -0.2) is 0 Å². The van der Waals surface area contributed by atoms with Crippen molar-refractivity contribution < 1.29 is 9.53 Å². The first-order chi connectivity index (χ1) is 10.1. The Hall–Kier alpha value is -1.39. The molecule has 0 saturated carbocycles. The van der Waals surface area contributed by atoms with Gasteiger partial charge >= 0.3 is 0 Å². The minimum absolute atomic E-state index is 0.100. The predicted octanol–water partition coefficient (Wildman–Crippen LogP) is 2.57. The molecule has 1 aliphatic rings. The van der Waals surface area contributed by atoms with E-state index in [0.717, 1.165) is 12.0 Å². The minimum atomic E-state index is -0.225. The SMILES string of the molecule is CCOCCN1C(=O)C(c2ccccc2)NC1CC(C)C. The van der Waals surface area contributed by atoms with Gasteiger partial charge in [0.2, 0.25) is 5.91 Å². The summed E-state index contributed by atoms with van der Waals surface area (Å²) < 4.78 is 5.42. The maximum absolute atomic E-state index is 12.7. The Morgan fingerprint density at radius 2 is 2.00 bits per heavy atom. The molecule has 0 aromatic heterocycles. The number of amides is 1. The summed E-state index contributed by atoms with van der Waals surface area (Å²) in [5.41, 5.74) is 1.04. The monoisotopic (exact) mass is 290 g/mol. The number of carbonyl (C=O) groups is 1. The molecule has 1 aromatic carbocycles. The van der Waals surface area contributed by atoms with Crippen LogP contribution in [0.15, 0.2) is 30.3 Å². The van der Waals surface area contributed by atoms with E-state index in [1.165, 1.54) is 0 Å². The van der Waals surface area contributed by atoms with Gasteiger partial charge in [-0.3, -0.25) is 10.1 Å². The summed E-state index contributed by atoms with van der Waals surface area (Å²) in [4.78, 5) is 14.6. The molecular formula is C17H26N2O2. The number of benzene rings is 1. The van der Waals surface area contributed by atoms with Gasteiger partial charge in [0.15, 0.2) is 0 Å². The van der Waals surface area contributed by atoms with Crippen LogP contribution < -0.4 is 5.32 Å². The van der Waals surface area contributed by atoms with Gasteiger partial charge in [0.25, 0.3) is 0 Å². The Bertz CT molecular complexity index is 447. The van der Waals surface area contributed by atoms with Gasteiger partial charge < -0.3 is 9.64 Å². The zero-order chi connectivity index (χ0) is 15.2. The second-order valence-electron chi connectivity index (χ2n) is 5.88. The highest BCUT2D eigenvalue weighted by Gasteiger charge is 2.39. The molecule has 0 aliphatic carbocycles. The highest BCUT2D eigenvalue weighted by molar-refractivity contribution is 5.85. The second-order valence-corrected chi connectivity index (χ2v) is 5.88. The third-order valence-corrected chi connectivity index (χ3v) is 3.77. The second kappa shape index (κ2) is 7.57. The van der Waals surface area contributed by atoms with Crippen molar-refractivity contribution in [3.8, 4) is 0 Å². The lowest BCUT2D eigenvalue weighted by Gasteiger charge is -2.25. The molecule has 1 N–H and O–H groups in total. The molecule has 0 spiro atoms. The molecule has 21 heavy (non-hydrogen) atoms. The van der Waals surface area contributed by atoms with Crippen molar-refractivity contribution in [3.63, 3.8) is 0 Å². The third-order valence-electron chi connectivity index (χ3n) is 3.77. The molecule has 116 valence electrons. The molecule has 1 fully saturated rings. The first-order valence-corrected chi connectivity index (χ1v) is 7.82. The lowest BCUT2D eigenvalue weighted by Crippen LogP contribution is -2.40. The Labute approximate surface area is 127 Å². The van der Waals surface area contributed by atoms with Crippen LogP contribution in [0, 0.1) is 5.92 Å². The highest BCUT2D eigenvalue weighted by Crippen LogP contribution is 2.26. The van der Waals surface area contributed by atoms with Gasteiger partial charge in [0.05, 0.1) is 12.8 Å². The first-order valence-electron chi connectivity index (χ1n) is 7.82. The van der Waals surface area contributed by atoms with E-state index in [4.69, 9.17) is 4.74 Å². The standard InChI is InChI=1S/C17H26N2O2/c1-4-21-11-10-19-15(12-13(2)3)18-16(17(19)20)14-8-6-5-7-9-14/h5-9,13,15-16,18H,4,10-12H2,1-3H3. The largest absolute Gasteiger partial charge is 0.380 e. The highest BCUT2D eigenvalue weighted by atomic mass is 16.5. The number of hydrogen-bond donors (Lipinski definition) is 1. The van der Waals surface area contributed by atoms with E-state index < -0.39 is 0 Å². The first kappa shape index (κ1) is 16.0. The molecule has 2 atom stereocenters. The number of nitrogens with one attached hydrogen (secondary N) is 1. The predicted molar refractivity (Wildman–Crippen MR) is 83.8 cm³/mol. The summed E-state index contributed by atoms with van der Waals surface area (Å²) in [6.45, 7) is 8.28. The van der Waals surface area contributed by atoms with Crippen molar-refractivity contribution in [2.75, 3.05) is 19.8 Å². The summed E-state index contributed by atoms with van der Waals surface area (Å²) >= 11 is 0. The fourth-order valence-electron chi connectivity index (χ4n) is 2.77. The zero-order valence-electron chi connectivity index (χ0n) is 13.2. The number of rotatable bonds is 7. The number of ether oxygens (including phenoxy) is 1. The van der Waals surface area contributed by atoms with Crippen molar-refractivity contribution in [3.05, 3.63) is 35.9 Å². The van der Waals surface area contributed by atoms with Crippen LogP contribution in [0.5, 0.6) is 0 Å². The number of hydrogen-bond acceptors (Lipinski definition) is 3. The lowest BCUT2D eigenvalue weighted by molar-refractivity contribution is -0.131. The topological polar surface area (TPSA) is 41.6 Å². The summed E-state index contributed by atoms with van der Waals surface area (Å²) in [7, 11) is 0. The molecular weight excluding hydrogens is 264 g/mol. The molecule has 1 saturated heterocycles. The van der Waals surface area contributed by atoms with E-state index in [2.05, 4.69) is 19.2 Å². The molecule has 1 aliphatic heterocycles. The Morgan fingerprint density at radius 3 is 2.62 bits per heavy atom. The van der Waals surface area contributed by atoms with Crippen molar-refractivity contribution >= 4 is 5.91 Å². The van der Waals surface area contributed by atoms with E-state index in [-0.39, 0.29) is 18.1 Å². The quantitative estimate of drug-likeness (QED) is 0.785.